The van der Waals surface area contributed by atoms with Crippen molar-refractivity contribution in [2.24, 2.45) is 0 Å². The van der Waals surface area contributed by atoms with Crippen molar-refractivity contribution in [1.82, 2.24) is 0 Å². The third-order valence-corrected chi connectivity index (χ3v) is 9.12. The summed E-state index contributed by atoms with van der Waals surface area (Å²) >= 11 is 0. The zero-order chi connectivity index (χ0) is 21.5. The Morgan fingerprint density at radius 3 is 1.52 bits per heavy atom. The van der Waals surface area contributed by atoms with Crippen LogP contribution in [0.15, 0.2) is 127 Å². The van der Waals surface area contributed by atoms with E-state index in [1.54, 1.807) is 18.2 Å². The molecule has 152 valence electrons. The van der Waals surface area contributed by atoms with E-state index in [2.05, 4.69) is 83.9 Å². The lowest BCUT2D eigenvalue weighted by Gasteiger charge is -2.24. The number of para-hydroxylation sites is 1. The number of carboxylic acid groups (broad SMARTS) is 1. The van der Waals surface area contributed by atoms with Crippen LogP contribution in [0.5, 0.6) is 0 Å². The molecular formula is C27H23NO2P+. The molecule has 4 rings (SSSR count). The van der Waals surface area contributed by atoms with Gasteiger partial charge in [0.15, 0.2) is 0 Å². The Hall–Kier alpha value is -3.68. The van der Waals surface area contributed by atoms with Crippen molar-refractivity contribution in [1.29, 1.82) is 0 Å². The molecule has 0 aliphatic rings. The van der Waals surface area contributed by atoms with Crippen LogP contribution in [-0.4, -0.2) is 11.1 Å². The summed E-state index contributed by atoms with van der Waals surface area (Å²) in [6, 6.07) is 38.4. The minimum atomic E-state index is -2.12. The highest BCUT2D eigenvalue weighted by Gasteiger charge is 2.43. The van der Waals surface area contributed by atoms with Crippen LogP contribution in [0.2, 0.25) is 0 Å². The van der Waals surface area contributed by atoms with Gasteiger partial charge in [0.25, 0.3) is 0 Å². The number of carbonyl (C=O) groups is 1. The molecule has 2 N–H and O–H groups in total. The lowest BCUT2D eigenvalue weighted by molar-refractivity contribution is 0.0698. The van der Waals surface area contributed by atoms with Crippen LogP contribution < -0.4 is 21.2 Å². The van der Waals surface area contributed by atoms with E-state index >= 15 is 0 Å². The summed E-state index contributed by atoms with van der Waals surface area (Å²) in [7, 11) is -2.12. The van der Waals surface area contributed by atoms with Gasteiger partial charge in [0, 0.05) is 6.20 Å². The molecular weight excluding hydrogens is 401 g/mol. The quantitative estimate of drug-likeness (QED) is 0.398. The zero-order valence-electron chi connectivity index (χ0n) is 16.9. The van der Waals surface area contributed by atoms with Crippen LogP contribution in [0.4, 0.5) is 5.69 Å². The maximum absolute atomic E-state index is 11.6. The van der Waals surface area contributed by atoms with Gasteiger partial charge in [-0.25, -0.2) is 4.79 Å². The summed E-state index contributed by atoms with van der Waals surface area (Å²) in [5.41, 5.74) is 0.814. The van der Waals surface area contributed by atoms with Gasteiger partial charge in [0.1, 0.15) is 23.2 Å². The number of anilines is 1. The Morgan fingerprint density at radius 1 is 0.645 bits per heavy atom. The van der Waals surface area contributed by atoms with Crippen molar-refractivity contribution in [2.75, 3.05) is 5.32 Å². The number of hydrogen-bond donors (Lipinski definition) is 2. The molecule has 0 aromatic heterocycles. The molecule has 0 saturated heterocycles. The molecule has 4 aromatic carbocycles. The summed E-state index contributed by atoms with van der Waals surface area (Å²) in [5, 5.41) is 16.4. The van der Waals surface area contributed by atoms with Crippen LogP contribution in [0.1, 0.15) is 10.4 Å². The number of aromatic carboxylic acids is 1. The molecule has 0 amide bonds. The van der Waals surface area contributed by atoms with Crippen molar-refractivity contribution < 1.29 is 9.90 Å². The van der Waals surface area contributed by atoms with Crippen LogP contribution >= 0.6 is 7.26 Å². The maximum atomic E-state index is 11.6. The van der Waals surface area contributed by atoms with Crippen molar-refractivity contribution in [3.05, 3.63) is 133 Å². The number of nitrogens with one attached hydrogen (secondary N) is 1. The molecule has 0 unspecified atom stereocenters. The highest BCUT2D eigenvalue weighted by Crippen LogP contribution is 2.56. The average Bonchev–Trinajstić information content (AvgIpc) is 2.84. The summed E-state index contributed by atoms with van der Waals surface area (Å²) in [6.45, 7) is 0. The molecule has 3 nitrogen and oxygen atoms in total. The van der Waals surface area contributed by atoms with Crippen LogP contribution in [0.25, 0.3) is 0 Å². The van der Waals surface area contributed by atoms with Crippen molar-refractivity contribution in [2.45, 2.75) is 0 Å². The number of carboxylic acids is 1. The van der Waals surface area contributed by atoms with Gasteiger partial charge in [0.05, 0.1) is 17.1 Å². The fourth-order valence-electron chi connectivity index (χ4n) is 3.73. The Morgan fingerprint density at radius 2 is 1.06 bits per heavy atom. The predicted octanol–water partition coefficient (Wildman–Crippen LogP) is 5.26. The highest BCUT2D eigenvalue weighted by molar-refractivity contribution is 7.98. The second-order valence-corrected chi connectivity index (χ2v) is 10.3. The van der Waals surface area contributed by atoms with E-state index in [0.29, 0.717) is 5.69 Å². The van der Waals surface area contributed by atoms with Crippen molar-refractivity contribution in [3.63, 3.8) is 0 Å². The molecule has 0 atom stereocenters. The second kappa shape index (κ2) is 9.42. The monoisotopic (exact) mass is 424 g/mol. The zero-order valence-corrected chi connectivity index (χ0v) is 17.8. The molecule has 0 spiro atoms. The molecule has 0 radical (unpaired) electrons. The van der Waals surface area contributed by atoms with Crippen molar-refractivity contribution >= 4 is 34.8 Å². The molecule has 4 heteroatoms. The predicted molar refractivity (Wildman–Crippen MR) is 131 cm³/mol. The van der Waals surface area contributed by atoms with Gasteiger partial charge >= 0.3 is 5.97 Å². The van der Waals surface area contributed by atoms with E-state index in [1.807, 2.05) is 30.5 Å². The van der Waals surface area contributed by atoms with Gasteiger partial charge in [-0.3, -0.25) is 0 Å². The van der Waals surface area contributed by atoms with E-state index in [9.17, 15) is 9.90 Å². The first-order chi connectivity index (χ1) is 15.2. The molecule has 0 aliphatic carbocycles. The molecule has 0 fully saturated rings. The normalized spacial score (nSPS) is 11.4. The molecule has 31 heavy (non-hydrogen) atoms. The standard InChI is InChI=1S/C27H22NO2P/c29-27(30)25-18-10-11-19-26(25)28-20-21-31(22-12-4-1-5-13-22,23-14-6-2-7-15-23)24-16-8-3-9-17-24/h1-21,28H/p+1. The van der Waals surface area contributed by atoms with Gasteiger partial charge in [-0.15, -0.1) is 0 Å². The Kier molecular flexibility index (Phi) is 6.26. The molecule has 0 bridgehead atoms. The summed E-state index contributed by atoms with van der Waals surface area (Å²) in [4.78, 5) is 11.6. The van der Waals surface area contributed by atoms with E-state index in [0.717, 1.165) is 0 Å². The summed E-state index contributed by atoms with van der Waals surface area (Å²) in [6.07, 6.45) is 1.89. The molecule has 0 heterocycles. The summed E-state index contributed by atoms with van der Waals surface area (Å²) < 4.78 is 0. The van der Waals surface area contributed by atoms with Gasteiger partial charge in [-0.2, -0.15) is 0 Å². The number of rotatable bonds is 7. The van der Waals surface area contributed by atoms with E-state index in [-0.39, 0.29) is 5.56 Å². The highest BCUT2D eigenvalue weighted by atomic mass is 31.2. The van der Waals surface area contributed by atoms with Crippen LogP contribution in [0.3, 0.4) is 0 Å². The Labute approximate surface area is 183 Å². The van der Waals surface area contributed by atoms with Gasteiger partial charge in [-0.05, 0) is 48.5 Å². The number of benzene rings is 4. The van der Waals surface area contributed by atoms with Gasteiger partial charge in [-0.1, -0.05) is 66.7 Å². The fraction of sp³-hybridized carbons (Fsp3) is 0. The third kappa shape index (κ3) is 4.28. The summed E-state index contributed by atoms with van der Waals surface area (Å²) in [5.74, 6) is 1.26. The number of hydrogen-bond acceptors (Lipinski definition) is 2. The minimum absolute atomic E-state index is 0.246. The van der Waals surface area contributed by atoms with Crippen LogP contribution in [0, 0.1) is 0 Å². The molecule has 0 aliphatic heterocycles. The fourth-order valence-corrected chi connectivity index (χ4v) is 7.37. The Balaban J connectivity index is 1.87. The smallest absolute Gasteiger partial charge is 0.337 e. The van der Waals surface area contributed by atoms with Gasteiger partial charge < -0.3 is 10.4 Å². The molecule has 0 saturated carbocycles. The Bertz CT molecular complexity index is 1080. The van der Waals surface area contributed by atoms with E-state index in [1.165, 1.54) is 15.9 Å². The minimum Gasteiger partial charge on any atom is -0.478 e. The maximum Gasteiger partial charge on any atom is 0.337 e. The second-order valence-electron chi connectivity index (χ2n) is 7.04. The largest absolute Gasteiger partial charge is 0.478 e. The average molecular weight is 424 g/mol. The third-order valence-electron chi connectivity index (χ3n) is 5.18. The van der Waals surface area contributed by atoms with Crippen LogP contribution in [-0.2, 0) is 0 Å². The van der Waals surface area contributed by atoms with E-state index in [4.69, 9.17) is 0 Å². The lowest BCUT2D eigenvalue weighted by atomic mass is 10.2. The van der Waals surface area contributed by atoms with E-state index < -0.39 is 13.2 Å². The first kappa shape index (κ1) is 20.6. The SMILES string of the molecule is O=C(O)c1ccccc1NC=C[P+](c1ccccc1)(c1ccccc1)c1ccccc1. The molecule has 4 aromatic rings. The first-order valence-electron chi connectivity index (χ1n) is 10.0. The topological polar surface area (TPSA) is 49.3 Å². The first-order valence-corrected chi connectivity index (χ1v) is 11.9. The van der Waals surface area contributed by atoms with Crippen molar-refractivity contribution in [3.8, 4) is 0 Å². The lowest BCUT2D eigenvalue weighted by Crippen LogP contribution is -2.29. The van der Waals surface area contributed by atoms with Gasteiger partial charge in [0.2, 0.25) is 0 Å².